The average Bonchev–Trinajstić information content (AvgIpc) is 3.15. The Labute approximate surface area is 128 Å². The van der Waals surface area contributed by atoms with Gasteiger partial charge in [-0.2, -0.15) is 15.9 Å². The Bertz CT molecular complexity index is 746. The number of aromatic nitrogens is 4. The summed E-state index contributed by atoms with van der Waals surface area (Å²) in [5.41, 5.74) is 1.33. The topological polar surface area (TPSA) is 66.5 Å². The Morgan fingerprint density at radius 1 is 1.27 bits per heavy atom. The number of rotatable bonds is 6. The molecule has 3 heterocycles. The van der Waals surface area contributed by atoms with Crippen LogP contribution in [0.1, 0.15) is 17.8 Å². The predicted octanol–water partition coefficient (Wildman–Crippen LogP) is 2.12. The molecule has 0 saturated heterocycles. The van der Waals surface area contributed by atoms with Crippen molar-refractivity contribution in [2.45, 2.75) is 13.0 Å². The first-order valence-corrected chi connectivity index (χ1v) is 7.50. The molecule has 0 aliphatic carbocycles. The Balaban J connectivity index is 1.96. The van der Waals surface area contributed by atoms with Crippen LogP contribution in [-0.2, 0) is 6.54 Å². The van der Waals surface area contributed by atoms with Crippen molar-refractivity contribution in [3.8, 4) is 0 Å². The van der Waals surface area contributed by atoms with Gasteiger partial charge < -0.3 is 10.0 Å². The van der Waals surface area contributed by atoms with Crippen molar-refractivity contribution >= 4 is 22.8 Å². The van der Waals surface area contributed by atoms with E-state index in [0.29, 0.717) is 18.9 Å². The summed E-state index contributed by atoms with van der Waals surface area (Å²) in [5, 5.41) is 24.5. The molecule has 1 N–H and O–H groups in total. The lowest BCUT2D eigenvalue weighted by molar-refractivity contribution is 0.137. The maximum Gasteiger partial charge on any atom is 0.299 e. The van der Waals surface area contributed by atoms with Crippen LogP contribution in [0.5, 0.6) is 0 Å². The van der Waals surface area contributed by atoms with E-state index in [4.69, 9.17) is 0 Å². The van der Waals surface area contributed by atoms with Crippen LogP contribution >= 0.6 is 11.3 Å². The number of halogens is 2. The van der Waals surface area contributed by atoms with Gasteiger partial charge in [0.1, 0.15) is 5.82 Å². The Hall–Kier alpha value is -2.13. The van der Waals surface area contributed by atoms with Gasteiger partial charge >= 0.3 is 0 Å². The normalized spacial score (nSPS) is 11.5. The zero-order valence-corrected chi connectivity index (χ0v) is 12.2. The molecule has 3 rings (SSSR count). The van der Waals surface area contributed by atoms with Gasteiger partial charge in [-0.1, -0.05) is 0 Å². The van der Waals surface area contributed by atoms with E-state index < -0.39 is 12.2 Å². The van der Waals surface area contributed by atoms with E-state index in [1.807, 2.05) is 21.7 Å². The first-order valence-electron chi connectivity index (χ1n) is 6.56. The number of alkyl halides is 2. The minimum absolute atomic E-state index is 0.0618. The van der Waals surface area contributed by atoms with Crippen LogP contribution in [0.2, 0.25) is 0 Å². The van der Waals surface area contributed by atoms with Crippen LogP contribution in [0.25, 0.3) is 5.65 Å². The molecule has 9 heteroatoms. The highest BCUT2D eigenvalue weighted by Crippen LogP contribution is 2.20. The van der Waals surface area contributed by atoms with E-state index in [-0.39, 0.29) is 12.3 Å². The summed E-state index contributed by atoms with van der Waals surface area (Å²) in [4.78, 5) is 1.82. The van der Waals surface area contributed by atoms with Crippen molar-refractivity contribution in [3.63, 3.8) is 0 Å². The van der Waals surface area contributed by atoms with Gasteiger partial charge in [-0.3, -0.25) is 0 Å². The smallest absolute Gasteiger partial charge is 0.299 e. The number of nitrogens with zero attached hydrogens (tertiary/aromatic N) is 5. The van der Waals surface area contributed by atoms with Crippen LogP contribution in [0, 0.1) is 0 Å². The molecule has 0 radical (unpaired) electrons. The summed E-state index contributed by atoms with van der Waals surface area (Å²) >= 11 is 1.57. The lowest BCUT2D eigenvalue weighted by Gasteiger charge is -2.22. The van der Waals surface area contributed by atoms with E-state index >= 15 is 0 Å². The van der Waals surface area contributed by atoms with Crippen LogP contribution in [0.3, 0.4) is 0 Å². The van der Waals surface area contributed by atoms with Gasteiger partial charge in [0, 0.05) is 13.1 Å². The molecule has 3 aromatic heterocycles. The fourth-order valence-corrected chi connectivity index (χ4v) is 2.76. The standard InChI is InChI=1S/C13H13F2N5OS/c14-12(15)13-17-16-10-1-2-11(18-20(10)13)19(4-5-21)7-9-3-6-22-8-9/h1-3,6,8,12,21H,4-5,7H2. The molecule has 0 bridgehead atoms. The quantitative estimate of drug-likeness (QED) is 0.752. The molecule has 6 nitrogen and oxygen atoms in total. The molecule has 0 saturated carbocycles. The number of anilines is 1. The molecule has 0 aliphatic rings. The van der Waals surface area contributed by atoms with Crippen molar-refractivity contribution in [3.05, 3.63) is 40.3 Å². The van der Waals surface area contributed by atoms with E-state index in [0.717, 1.165) is 10.1 Å². The largest absolute Gasteiger partial charge is 0.395 e. The molecule has 0 atom stereocenters. The Morgan fingerprint density at radius 2 is 2.14 bits per heavy atom. The van der Waals surface area contributed by atoms with Crippen molar-refractivity contribution in [2.24, 2.45) is 0 Å². The van der Waals surface area contributed by atoms with Crippen LogP contribution in [-0.4, -0.2) is 38.1 Å². The third-order valence-electron chi connectivity index (χ3n) is 3.12. The van der Waals surface area contributed by atoms with Crippen molar-refractivity contribution in [2.75, 3.05) is 18.1 Å². The van der Waals surface area contributed by atoms with Crippen LogP contribution in [0.15, 0.2) is 29.0 Å². The van der Waals surface area contributed by atoms with Crippen LogP contribution in [0.4, 0.5) is 14.6 Å². The average molecular weight is 325 g/mol. The molecule has 3 aromatic rings. The van der Waals surface area contributed by atoms with Gasteiger partial charge in [-0.05, 0) is 34.5 Å². The highest BCUT2D eigenvalue weighted by molar-refractivity contribution is 7.07. The van der Waals surface area contributed by atoms with E-state index in [1.54, 1.807) is 23.5 Å². The molecule has 0 amide bonds. The second-order valence-corrected chi connectivity index (χ2v) is 5.38. The number of fused-ring (bicyclic) bond motifs is 1. The van der Waals surface area contributed by atoms with E-state index in [1.165, 1.54) is 0 Å². The maximum absolute atomic E-state index is 12.9. The fourth-order valence-electron chi connectivity index (χ4n) is 2.10. The third-order valence-corrected chi connectivity index (χ3v) is 3.85. The second-order valence-electron chi connectivity index (χ2n) is 4.60. The number of aliphatic hydroxyl groups excluding tert-OH is 1. The minimum Gasteiger partial charge on any atom is -0.395 e. The summed E-state index contributed by atoms with van der Waals surface area (Å²) in [7, 11) is 0. The molecule has 116 valence electrons. The molecule has 0 unspecified atom stereocenters. The SMILES string of the molecule is OCCN(Cc1ccsc1)c1ccc2nnc(C(F)F)n2n1. The lowest BCUT2D eigenvalue weighted by atomic mass is 10.3. The second kappa shape index (κ2) is 6.32. The summed E-state index contributed by atoms with van der Waals surface area (Å²) in [5.74, 6) is -0.00854. The van der Waals surface area contributed by atoms with Gasteiger partial charge in [0.15, 0.2) is 5.65 Å². The lowest BCUT2D eigenvalue weighted by Crippen LogP contribution is -2.27. The molecule has 0 fully saturated rings. The maximum atomic E-state index is 12.9. The summed E-state index contributed by atoms with van der Waals surface area (Å²) < 4.78 is 26.8. The molecule has 0 spiro atoms. The fraction of sp³-hybridized carbons (Fsp3) is 0.308. The molecule has 22 heavy (non-hydrogen) atoms. The van der Waals surface area contributed by atoms with Crippen molar-refractivity contribution < 1.29 is 13.9 Å². The number of thiophene rings is 1. The van der Waals surface area contributed by atoms with E-state index in [9.17, 15) is 13.9 Å². The number of aliphatic hydroxyl groups is 1. The summed E-state index contributed by atoms with van der Waals surface area (Å²) in [6.45, 7) is 0.822. The van der Waals surface area contributed by atoms with E-state index in [2.05, 4.69) is 15.3 Å². The Kier molecular flexibility index (Phi) is 4.25. The number of hydrogen-bond acceptors (Lipinski definition) is 6. The van der Waals surface area contributed by atoms with Crippen LogP contribution < -0.4 is 4.90 Å². The Morgan fingerprint density at radius 3 is 2.82 bits per heavy atom. The van der Waals surface area contributed by atoms with Gasteiger partial charge in [0.05, 0.1) is 6.61 Å². The molecule has 0 aliphatic heterocycles. The van der Waals surface area contributed by atoms with Gasteiger partial charge in [-0.15, -0.1) is 15.3 Å². The van der Waals surface area contributed by atoms with Gasteiger partial charge in [-0.25, -0.2) is 8.78 Å². The summed E-state index contributed by atoms with van der Waals surface area (Å²) in [6, 6.07) is 5.23. The third kappa shape index (κ3) is 2.90. The number of hydrogen-bond donors (Lipinski definition) is 1. The van der Waals surface area contributed by atoms with Crippen molar-refractivity contribution in [1.29, 1.82) is 0 Å². The zero-order valence-electron chi connectivity index (χ0n) is 11.4. The first kappa shape index (κ1) is 14.8. The van der Waals surface area contributed by atoms with Gasteiger partial charge in [0.25, 0.3) is 6.43 Å². The summed E-state index contributed by atoms with van der Waals surface area (Å²) in [6.07, 6.45) is -2.75. The zero-order chi connectivity index (χ0) is 15.5. The first-order chi connectivity index (χ1) is 10.7. The predicted molar refractivity (Wildman–Crippen MR) is 78.2 cm³/mol. The molecular weight excluding hydrogens is 312 g/mol. The monoisotopic (exact) mass is 325 g/mol. The molecular formula is C13H13F2N5OS. The highest BCUT2D eigenvalue weighted by Gasteiger charge is 2.18. The van der Waals surface area contributed by atoms with Crippen molar-refractivity contribution in [1.82, 2.24) is 19.8 Å². The minimum atomic E-state index is -2.75. The van der Waals surface area contributed by atoms with Gasteiger partial charge in [0.2, 0.25) is 5.82 Å². The molecule has 0 aromatic carbocycles. The highest BCUT2D eigenvalue weighted by atomic mass is 32.1.